The van der Waals surface area contributed by atoms with Gasteiger partial charge in [-0.1, -0.05) is 11.3 Å². The molecule has 0 radical (unpaired) electrons. The summed E-state index contributed by atoms with van der Waals surface area (Å²) in [6, 6.07) is 6.53. The molecule has 1 saturated heterocycles. The highest BCUT2D eigenvalue weighted by molar-refractivity contribution is 7.98. The average Bonchev–Trinajstić information content (AvgIpc) is 3.31. The standard InChI is InChI=1S/C23H26N6OS/c1-5-18(15-8-10-30-11-9-15)29-19-12-16(22-14(2)26-27-28(22)3)13-24-21(19)17-6-7-20(31-4)25-23(17)29/h5-7,12-13,15,18H,1,8-11H2,2-4H3/t18-/m1/s1. The Kier molecular flexibility index (Phi) is 5.27. The maximum absolute atomic E-state index is 5.63. The van der Waals surface area contributed by atoms with Crippen LogP contribution in [0.1, 0.15) is 24.6 Å². The number of pyridine rings is 2. The number of rotatable bonds is 5. The normalized spacial score (nSPS) is 16.2. The van der Waals surface area contributed by atoms with Gasteiger partial charge in [-0.25, -0.2) is 9.67 Å². The van der Waals surface area contributed by atoms with Gasteiger partial charge in [-0.05, 0) is 50.1 Å². The van der Waals surface area contributed by atoms with Crippen LogP contribution in [0.15, 0.2) is 42.1 Å². The number of aromatic nitrogens is 6. The first-order chi connectivity index (χ1) is 15.1. The van der Waals surface area contributed by atoms with E-state index in [9.17, 15) is 0 Å². The van der Waals surface area contributed by atoms with Crippen molar-refractivity contribution in [3.05, 3.63) is 42.7 Å². The third kappa shape index (κ3) is 3.34. The van der Waals surface area contributed by atoms with Crippen molar-refractivity contribution < 1.29 is 4.74 Å². The van der Waals surface area contributed by atoms with Crippen molar-refractivity contribution in [2.24, 2.45) is 13.0 Å². The van der Waals surface area contributed by atoms with Crippen LogP contribution in [0.25, 0.3) is 33.3 Å². The predicted octanol–water partition coefficient (Wildman–Crippen LogP) is 4.56. The number of allylic oxidation sites excluding steroid dienone is 1. The number of thioether (sulfide) groups is 1. The molecule has 0 aliphatic carbocycles. The van der Waals surface area contributed by atoms with Gasteiger partial charge in [0.15, 0.2) is 0 Å². The van der Waals surface area contributed by atoms with Crippen molar-refractivity contribution in [3.8, 4) is 11.3 Å². The molecule has 4 aromatic rings. The molecule has 0 amide bonds. The molecule has 4 aromatic heterocycles. The van der Waals surface area contributed by atoms with Gasteiger partial charge in [-0.3, -0.25) is 4.98 Å². The topological polar surface area (TPSA) is 70.7 Å². The van der Waals surface area contributed by atoms with Crippen molar-refractivity contribution in [2.45, 2.75) is 30.8 Å². The molecule has 7 nitrogen and oxygen atoms in total. The summed E-state index contributed by atoms with van der Waals surface area (Å²) < 4.78 is 9.77. The third-order valence-electron chi connectivity index (χ3n) is 6.23. The Bertz CT molecular complexity index is 1250. The molecule has 1 aliphatic heterocycles. The molecule has 0 N–H and O–H groups in total. The number of aryl methyl sites for hydroxylation is 2. The Morgan fingerprint density at radius 2 is 2.10 bits per heavy atom. The molecule has 5 heterocycles. The summed E-state index contributed by atoms with van der Waals surface area (Å²) in [7, 11) is 1.91. The quantitative estimate of drug-likeness (QED) is 0.339. The molecule has 31 heavy (non-hydrogen) atoms. The Morgan fingerprint density at radius 1 is 1.29 bits per heavy atom. The van der Waals surface area contributed by atoms with E-state index in [4.69, 9.17) is 14.7 Å². The van der Waals surface area contributed by atoms with E-state index in [0.717, 1.165) is 70.1 Å². The van der Waals surface area contributed by atoms with Crippen molar-refractivity contribution >= 4 is 33.8 Å². The second kappa shape index (κ2) is 8.09. The van der Waals surface area contributed by atoms with E-state index in [1.165, 1.54) is 0 Å². The molecular formula is C23H26N6OS. The molecule has 160 valence electrons. The minimum atomic E-state index is 0.122. The van der Waals surface area contributed by atoms with Gasteiger partial charge in [0.25, 0.3) is 0 Å². The Labute approximate surface area is 185 Å². The molecule has 5 rings (SSSR count). The Hall–Kier alpha value is -2.71. The summed E-state index contributed by atoms with van der Waals surface area (Å²) >= 11 is 1.65. The molecule has 1 atom stereocenters. The second-order valence-electron chi connectivity index (χ2n) is 8.01. The third-order valence-corrected chi connectivity index (χ3v) is 6.87. The minimum Gasteiger partial charge on any atom is -0.381 e. The number of hydrogen-bond donors (Lipinski definition) is 0. The first kappa shape index (κ1) is 20.2. The Morgan fingerprint density at radius 3 is 2.77 bits per heavy atom. The van der Waals surface area contributed by atoms with Crippen LogP contribution in [-0.4, -0.2) is 49.0 Å². The van der Waals surface area contributed by atoms with Gasteiger partial charge in [0.2, 0.25) is 0 Å². The molecule has 0 spiro atoms. The SMILES string of the molecule is C=C[C@H](C1CCOCC1)n1c2cc(-c3c(C)nnn3C)cnc2c2ccc(SC)nc21. The first-order valence-corrected chi connectivity index (χ1v) is 11.8. The maximum atomic E-state index is 5.63. The van der Waals surface area contributed by atoms with Crippen molar-refractivity contribution in [1.29, 1.82) is 0 Å². The fourth-order valence-corrected chi connectivity index (χ4v) is 5.11. The zero-order chi connectivity index (χ0) is 21.5. The van der Waals surface area contributed by atoms with E-state index < -0.39 is 0 Å². The van der Waals surface area contributed by atoms with Gasteiger partial charge in [0.05, 0.1) is 33.5 Å². The summed E-state index contributed by atoms with van der Waals surface area (Å²) in [4.78, 5) is 9.89. The average molecular weight is 435 g/mol. The highest BCUT2D eigenvalue weighted by Gasteiger charge is 2.27. The minimum absolute atomic E-state index is 0.122. The van der Waals surface area contributed by atoms with Crippen LogP contribution in [0.3, 0.4) is 0 Å². The molecule has 0 bridgehead atoms. The largest absolute Gasteiger partial charge is 0.381 e. The van der Waals surface area contributed by atoms with Crippen LogP contribution < -0.4 is 0 Å². The molecular weight excluding hydrogens is 408 g/mol. The lowest BCUT2D eigenvalue weighted by Crippen LogP contribution is -2.24. The van der Waals surface area contributed by atoms with E-state index in [2.05, 4.69) is 52.0 Å². The highest BCUT2D eigenvalue weighted by Crippen LogP contribution is 2.38. The number of ether oxygens (including phenoxy) is 1. The van der Waals surface area contributed by atoms with E-state index in [1.807, 2.05) is 20.2 Å². The lowest BCUT2D eigenvalue weighted by molar-refractivity contribution is 0.0561. The summed E-state index contributed by atoms with van der Waals surface area (Å²) in [5, 5.41) is 10.5. The smallest absolute Gasteiger partial charge is 0.144 e. The van der Waals surface area contributed by atoms with E-state index in [-0.39, 0.29) is 6.04 Å². The fourth-order valence-electron chi connectivity index (χ4n) is 4.73. The first-order valence-electron chi connectivity index (χ1n) is 10.5. The lowest BCUT2D eigenvalue weighted by Gasteiger charge is -2.30. The summed E-state index contributed by atoms with van der Waals surface area (Å²) in [6.07, 6.45) is 8.05. The summed E-state index contributed by atoms with van der Waals surface area (Å²) in [5.41, 5.74) is 5.86. The monoisotopic (exact) mass is 434 g/mol. The molecule has 0 saturated carbocycles. The molecule has 0 unspecified atom stereocenters. The number of nitrogens with zero attached hydrogens (tertiary/aromatic N) is 6. The number of hydrogen-bond acceptors (Lipinski definition) is 6. The van der Waals surface area contributed by atoms with Crippen molar-refractivity contribution in [3.63, 3.8) is 0 Å². The maximum Gasteiger partial charge on any atom is 0.144 e. The van der Waals surface area contributed by atoms with Crippen LogP contribution in [0.4, 0.5) is 0 Å². The Balaban J connectivity index is 1.80. The van der Waals surface area contributed by atoms with Gasteiger partial charge in [0, 0.05) is 37.4 Å². The van der Waals surface area contributed by atoms with Crippen LogP contribution in [-0.2, 0) is 11.8 Å². The fraction of sp³-hybridized carbons (Fsp3) is 0.391. The zero-order valence-corrected chi connectivity index (χ0v) is 18.9. The van der Waals surface area contributed by atoms with Gasteiger partial charge in [-0.15, -0.1) is 23.4 Å². The summed E-state index contributed by atoms with van der Waals surface area (Å²) in [6.45, 7) is 7.77. The van der Waals surface area contributed by atoms with Crippen LogP contribution in [0, 0.1) is 12.8 Å². The molecule has 0 aromatic carbocycles. The van der Waals surface area contributed by atoms with Gasteiger partial charge in [-0.2, -0.15) is 0 Å². The molecule has 1 fully saturated rings. The highest BCUT2D eigenvalue weighted by atomic mass is 32.2. The van der Waals surface area contributed by atoms with Crippen molar-refractivity contribution in [2.75, 3.05) is 19.5 Å². The van der Waals surface area contributed by atoms with Gasteiger partial charge < -0.3 is 9.30 Å². The van der Waals surface area contributed by atoms with E-state index in [1.54, 1.807) is 16.4 Å². The van der Waals surface area contributed by atoms with Crippen LogP contribution in [0.2, 0.25) is 0 Å². The van der Waals surface area contributed by atoms with Crippen LogP contribution in [0.5, 0.6) is 0 Å². The zero-order valence-electron chi connectivity index (χ0n) is 18.1. The second-order valence-corrected chi connectivity index (χ2v) is 8.84. The lowest BCUT2D eigenvalue weighted by atomic mass is 9.91. The molecule has 8 heteroatoms. The van der Waals surface area contributed by atoms with E-state index in [0.29, 0.717) is 5.92 Å². The van der Waals surface area contributed by atoms with E-state index >= 15 is 0 Å². The summed E-state index contributed by atoms with van der Waals surface area (Å²) in [5.74, 6) is 0.452. The van der Waals surface area contributed by atoms with Gasteiger partial charge >= 0.3 is 0 Å². The molecule has 1 aliphatic rings. The van der Waals surface area contributed by atoms with Crippen molar-refractivity contribution in [1.82, 2.24) is 29.5 Å². The predicted molar refractivity (Wildman–Crippen MR) is 124 cm³/mol. The number of fused-ring (bicyclic) bond motifs is 3. The van der Waals surface area contributed by atoms with Crippen LogP contribution >= 0.6 is 11.8 Å². The van der Waals surface area contributed by atoms with Gasteiger partial charge in [0.1, 0.15) is 5.65 Å².